The SMILES string of the molecule is C=CCc1cc(C[C@H](N)C(=O)OC)ccc1O. The minimum atomic E-state index is -0.680. The van der Waals surface area contributed by atoms with E-state index < -0.39 is 12.0 Å². The molecule has 0 aliphatic carbocycles. The zero-order valence-corrected chi connectivity index (χ0v) is 9.85. The first-order valence-electron chi connectivity index (χ1n) is 5.33. The van der Waals surface area contributed by atoms with Crippen LogP contribution >= 0.6 is 0 Å². The smallest absolute Gasteiger partial charge is 0.322 e. The van der Waals surface area contributed by atoms with E-state index in [1.165, 1.54) is 7.11 Å². The summed E-state index contributed by atoms with van der Waals surface area (Å²) in [6.07, 6.45) is 2.67. The van der Waals surface area contributed by atoms with Gasteiger partial charge in [-0.1, -0.05) is 18.2 Å². The lowest BCUT2D eigenvalue weighted by atomic mass is 10.0. The molecular formula is C13H17NO3. The molecule has 0 aliphatic rings. The number of benzene rings is 1. The van der Waals surface area contributed by atoms with E-state index >= 15 is 0 Å². The van der Waals surface area contributed by atoms with Crippen molar-refractivity contribution >= 4 is 5.97 Å². The third-order valence-corrected chi connectivity index (χ3v) is 2.47. The molecule has 0 aliphatic heterocycles. The van der Waals surface area contributed by atoms with Gasteiger partial charge < -0.3 is 15.6 Å². The molecule has 3 N–H and O–H groups in total. The molecule has 1 aromatic rings. The van der Waals surface area contributed by atoms with E-state index in [0.717, 1.165) is 11.1 Å². The fourth-order valence-electron chi connectivity index (χ4n) is 1.57. The Hall–Kier alpha value is -1.81. The standard InChI is InChI=1S/C13H17NO3/c1-3-4-10-7-9(5-6-12(10)15)8-11(14)13(16)17-2/h3,5-7,11,15H,1,4,8,14H2,2H3/t11-/m0/s1. The van der Waals surface area contributed by atoms with E-state index in [1.807, 2.05) is 6.07 Å². The first kappa shape index (κ1) is 13.3. The average Bonchev–Trinajstić information content (AvgIpc) is 2.32. The third-order valence-electron chi connectivity index (χ3n) is 2.47. The van der Waals surface area contributed by atoms with Gasteiger partial charge in [0.25, 0.3) is 0 Å². The molecule has 4 heteroatoms. The summed E-state index contributed by atoms with van der Waals surface area (Å²) in [4.78, 5) is 11.2. The van der Waals surface area contributed by atoms with E-state index in [4.69, 9.17) is 5.73 Å². The number of aromatic hydroxyl groups is 1. The van der Waals surface area contributed by atoms with Crippen molar-refractivity contribution in [3.8, 4) is 5.75 Å². The number of hydrogen-bond acceptors (Lipinski definition) is 4. The summed E-state index contributed by atoms with van der Waals surface area (Å²) in [5.41, 5.74) is 7.32. The fraction of sp³-hybridized carbons (Fsp3) is 0.308. The number of phenols is 1. The monoisotopic (exact) mass is 235 g/mol. The molecule has 0 saturated carbocycles. The van der Waals surface area contributed by atoms with Crippen molar-refractivity contribution in [1.82, 2.24) is 0 Å². The van der Waals surface area contributed by atoms with E-state index in [-0.39, 0.29) is 5.75 Å². The lowest BCUT2D eigenvalue weighted by molar-refractivity contribution is -0.142. The van der Waals surface area contributed by atoms with Crippen LogP contribution in [0.15, 0.2) is 30.9 Å². The topological polar surface area (TPSA) is 72.6 Å². The highest BCUT2D eigenvalue weighted by atomic mass is 16.5. The fourth-order valence-corrected chi connectivity index (χ4v) is 1.57. The summed E-state index contributed by atoms with van der Waals surface area (Å²) >= 11 is 0. The van der Waals surface area contributed by atoms with Gasteiger partial charge >= 0.3 is 5.97 Å². The van der Waals surface area contributed by atoms with E-state index in [1.54, 1.807) is 18.2 Å². The maximum atomic E-state index is 11.2. The Labute approximate surface area is 101 Å². The van der Waals surface area contributed by atoms with Crippen molar-refractivity contribution in [2.45, 2.75) is 18.9 Å². The Morgan fingerprint density at radius 2 is 2.35 bits per heavy atom. The number of ether oxygens (including phenoxy) is 1. The summed E-state index contributed by atoms with van der Waals surface area (Å²) < 4.78 is 4.56. The quantitative estimate of drug-likeness (QED) is 0.593. The number of phenolic OH excluding ortho intramolecular Hbond substituents is 1. The lowest BCUT2D eigenvalue weighted by Gasteiger charge is -2.10. The molecule has 4 nitrogen and oxygen atoms in total. The maximum absolute atomic E-state index is 11.2. The van der Waals surface area contributed by atoms with Crippen molar-refractivity contribution in [3.63, 3.8) is 0 Å². The van der Waals surface area contributed by atoms with Crippen LogP contribution in [0.1, 0.15) is 11.1 Å². The van der Waals surface area contributed by atoms with Gasteiger partial charge in [0.1, 0.15) is 11.8 Å². The summed E-state index contributed by atoms with van der Waals surface area (Å²) in [6.45, 7) is 3.62. The highest BCUT2D eigenvalue weighted by Crippen LogP contribution is 2.20. The van der Waals surface area contributed by atoms with Crippen LogP contribution in [0.2, 0.25) is 0 Å². The Balaban J connectivity index is 2.81. The van der Waals surface area contributed by atoms with Gasteiger partial charge in [-0.25, -0.2) is 0 Å². The second-order valence-corrected chi connectivity index (χ2v) is 3.79. The van der Waals surface area contributed by atoms with Gasteiger partial charge in [-0.05, 0) is 30.0 Å². The Morgan fingerprint density at radius 1 is 1.65 bits per heavy atom. The second kappa shape index (κ2) is 6.06. The van der Waals surface area contributed by atoms with Crippen molar-refractivity contribution in [2.24, 2.45) is 5.73 Å². The normalized spacial score (nSPS) is 11.9. The molecule has 0 amide bonds. The van der Waals surface area contributed by atoms with Gasteiger partial charge in [-0.15, -0.1) is 6.58 Å². The van der Waals surface area contributed by atoms with Gasteiger partial charge in [0.2, 0.25) is 0 Å². The summed E-state index contributed by atoms with van der Waals surface area (Å²) in [6, 6.07) is 4.48. The molecule has 0 heterocycles. The summed E-state index contributed by atoms with van der Waals surface area (Å²) in [5.74, 6) is -0.219. The van der Waals surface area contributed by atoms with Crippen LogP contribution in [-0.4, -0.2) is 24.2 Å². The van der Waals surface area contributed by atoms with Crippen LogP contribution in [0.25, 0.3) is 0 Å². The van der Waals surface area contributed by atoms with Crippen molar-refractivity contribution < 1.29 is 14.6 Å². The Kier molecular flexibility index (Phi) is 4.72. The van der Waals surface area contributed by atoms with Crippen LogP contribution in [0.3, 0.4) is 0 Å². The number of allylic oxidation sites excluding steroid dienone is 1. The first-order chi connectivity index (χ1) is 8.08. The molecule has 1 aromatic carbocycles. The predicted molar refractivity (Wildman–Crippen MR) is 65.7 cm³/mol. The molecule has 0 radical (unpaired) electrons. The zero-order chi connectivity index (χ0) is 12.8. The third kappa shape index (κ3) is 3.60. The molecule has 1 atom stereocenters. The number of methoxy groups -OCH3 is 1. The number of hydrogen-bond donors (Lipinski definition) is 2. The highest BCUT2D eigenvalue weighted by Gasteiger charge is 2.14. The van der Waals surface area contributed by atoms with E-state index in [9.17, 15) is 9.90 Å². The minimum absolute atomic E-state index is 0.222. The maximum Gasteiger partial charge on any atom is 0.322 e. The van der Waals surface area contributed by atoms with Crippen LogP contribution in [0.5, 0.6) is 5.75 Å². The molecule has 1 rings (SSSR count). The average molecular weight is 235 g/mol. The van der Waals surface area contributed by atoms with Gasteiger partial charge in [0.15, 0.2) is 0 Å². The molecule has 0 unspecified atom stereocenters. The summed E-state index contributed by atoms with van der Waals surface area (Å²) in [7, 11) is 1.31. The molecule has 0 bridgehead atoms. The van der Waals surface area contributed by atoms with Crippen molar-refractivity contribution in [1.29, 1.82) is 0 Å². The molecule has 0 spiro atoms. The summed E-state index contributed by atoms with van der Waals surface area (Å²) in [5, 5.41) is 9.58. The largest absolute Gasteiger partial charge is 0.508 e. The molecule has 0 fully saturated rings. The molecular weight excluding hydrogens is 218 g/mol. The second-order valence-electron chi connectivity index (χ2n) is 3.79. The van der Waals surface area contributed by atoms with Gasteiger partial charge in [0, 0.05) is 0 Å². The number of rotatable bonds is 5. The predicted octanol–water partition coefficient (Wildman–Crippen LogP) is 1.16. The van der Waals surface area contributed by atoms with Crippen LogP contribution in [0.4, 0.5) is 0 Å². The Morgan fingerprint density at radius 3 is 2.94 bits per heavy atom. The Bertz CT molecular complexity index is 415. The minimum Gasteiger partial charge on any atom is -0.508 e. The molecule has 0 aromatic heterocycles. The first-order valence-corrected chi connectivity index (χ1v) is 5.33. The number of nitrogens with two attached hydrogens (primary N) is 1. The van der Waals surface area contributed by atoms with Gasteiger partial charge in [0.05, 0.1) is 7.11 Å². The van der Waals surface area contributed by atoms with Crippen molar-refractivity contribution in [3.05, 3.63) is 42.0 Å². The number of carbonyl (C=O) groups excluding carboxylic acids is 1. The lowest BCUT2D eigenvalue weighted by Crippen LogP contribution is -2.33. The van der Waals surface area contributed by atoms with E-state index in [2.05, 4.69) is 11.3 Å². The molecule has 17 heavy (non-hydrogen) atoms. The molecule has 92 valence electrons. The number of carbonyl (C=O) groups is 1. The highest BCUT2D eigenvalue weighted by molar-refractivity contribution is 5.75. The van der Waals surface area contributed by atoms with E-state index in [0.29, 0.717) is 12.8 Å². The van der Waals surface area contributed by atoms with Gasteiger partial charge in [-0.2, -0.15) is 0 Å². The van der Waals surface area contributed by atoms with Crippen molar-refractivity contribution in [2.75, 3.05) is 7.11 Å². The zero-order valence-electron chi connectivity index (χ0n) is 9.85. The van der Waals surface area contributed by atoms with Crippen LogP contribution in [-0.2, 0) is 22.4 Å². The number of esters is 1. The van der Waals surface area contributed by atoms with Crippen LogP contribution in [0, 0.1) is 0 Å². The van der Waals surface area contributed by atoms with Crippen LogP contribution < -0.4 is 5.73 Å². The molecule has 0 saturated heterocycles. The van der Waals surface area contributed by atoms with Gasteiger partial charge in [-0.3, -0.25) is 4.79 Å².